The van der Waals surface area contributed by atoms with Gasteiger partial charge < -0.3 is 15.2 Å². The van der Waals surface area contributed by atoms with Crippen LogP contribution in [0.25, 0.3) is 22.2 Å². The number of fused-ring (bicyclic) bond motifs is 1. The van der Waals surface area contributed by atoms with Crippen LogP contribution >= 0.6 is 11.6 Å². The number of pyridine rings is 2. The molecule has 2 heterocycles. The van der Waals surface area contributed by atoms with Crippen LogP contribution in [0.1, 0.15) is 39.2 Å². The molecular weight excluding hydrogens is 438 g/mol. The number of ether oxygens (including phenoxy) is 2. The summed E-state index contributed by atoms with van der Waals surface area (Å²) in [5.74, 6) is 0.969. The van der Waals surface area contributed by atoms with Crippen molar-refractivity contribution in [2.75, 3.05) is 6.61 Å². The molecule has 0 spiro atoms. The van der Waals surface area contributed by atoms with Crippen molar-refractivity contribution in [3.63, 3.8) is 0 Å². The normalized spacial score (nSPS) is 12.4. The van der Waals surface area contributed by atoms with E-state index in [0.29, 0.717) is 23.8 Å². The van der Waals surface area contributed by atoms with Crippen LogP contribution in [0.15, 0.2) is 54.9 Å². The topological polar surface area (TPSA) is 87.3 Å². The Morgan fingerprint density at radius 1 is 1.24 bits per heavy atom. The van der Waals surface area contributed by atoms with E-state index in [1.54, 1.807) is 12.4 Å². The first-order chi connectivity index (χ1) is 15.5. The van der Waals surface area contributed by atoms with Crippen LogP contribution in [0.2, 0.25) is 5.02 Å². The number of benzene rings is 1. The first-order valence-corrected chi connectivity index (χ1v) is 11.2. The van der Waals surface area contributed by atoms with Crippen LogP contribution in [0.5, 0.6) is 5.75 Å². The van der Waals surface area contributed by atoms with Gasteiger partial charge in [-0.2, -0.15) is 0 Å². The highest BCUT2D eigenvalue weighted by Gasteiger charge is 2.25. The average molecular weight is 468 g/mol. The molecule has 1 aromatic carbocycles. The maximum absolute atomic E-state index is 11.1. The summed E-state index contributed by atoms with van der Waals surface area (Å²) < 4.78 is 11.2. The second-order valence-corrected chi connectivity index (χ2v) is 9.52. The quantitative estimate of drug-likeness (QED) is 0.363. The predicted molar refractivity (Wildman–Crippen MR) is 133 cm³/mol. The molecule has 1 amide bonds. The maximum Gasteiger partial charge on any atom is 0.405 e. The first-order valence-electron chi connectivity index (χ1n) is 10.8. The smallest absolute Gasteiger partial charge is 0.405 e. The molecule has 0 saturated carbocycles. The molecule has 0 bridgehead atoms. The Morgan fingerprint density at radius 2 is 2.00 bits per heavy atom. The van der Waals surface area contributed by atoms with Crippen LogP contribution in [0.4, 0.5) is 4.79 Å². The lowest BCUT2D eigenvalue weighted by molar-refractivity contribution is 0.0282. The number of amides is 1. The van der Waals surface area contributed by atoms with Crippen molar-refractivity contribution in [2.24, 2.45) is 11.7 Å². The Hall–Kier alpha value is -3.12. The van der Waals surface area contributed by atoms with Gasteiger partial charge in [-0.15, -0.1) is 0 Å². The SMILES string of the molecule is C=C(COc1cnc(-c2ccnc3cc(Cl)ccc23)cc1C)CC(C)CC(C)(C)OC(N)=O. The zero-order valence-electron chi connectivity index (χ0n) is 19.5. The molecular formula is C26H30ClN3O3. The summed E-state index contributed by atoms with van der Waals surface area (Å²) in [5, 5.41) is 1.65. The lowest BCUT2D eigenvalue weighted by Crippen LogP contribution is -2.33. The monoisotopic (exact) mass is 467 g/mol. The van der Waals surface area contributed by atoms with E-state index in [1.165, 1.54) is 0 Å². The van der Waals surface area contributed by atoms with E-state index in [9.17, 15) is 4.79 Å². The largest absolute Gasteiger partial charge is 0.487 e. The number of halogens is 1. The number of rotatable bonds is 9. The van der Waals surface area contributed by atoms with Crippen LogP contribution in [0, 0.1) is 12.8 Å². The zero-order valence-corrected chi connectivity index (χ0v) is 20.3. The van der Waals surface area contributed by atoms with Crippen molar-refractivity contribution in [1.29, 1.82) is 0 Å². The molecule has 2 N–H and O–H groups in total. The lowest BCUT2D eigenvalue weighted by atomic mass is 9.90. The Bertz CT molecular complexity index is 1180. The van der Waals surface area contributed by atoms with E-state index in [0.717, 1.165) is 39.7 Å². The van der Waals surface area contributed by atoms with Gasteiger partial charge in [-0.3, -0.25) is 9.97 Å². The minimum absolute atomic E-state index is 0.255. The molecule has 3 rings (SSSR count). The highest BCUT2D eigenvalue weighted by molar-refractivity contribution is 6.31. The molecule has 0 saturated heterocycles. The second-order valence-electron chi connectivity index (χ2n) is 9.09. The Morgan fingerprint density at radius 3 is 2.70 bits per heavy atom. The Kier molecular flexibility index (Phi) is 7.59. The molecule has 0 aliphatic heterocycles. The molecule has 174 valence electrons. The summed E-state index contributed by atoms with van der Waals surface area (Å²) in [6, 6.07) is 9.62. The first kappa shape index (κ1) is 24.5. The number of primary amides is 1. The van der Waals surface area contributed by atoms with Gasteiger partial charge in [0.05, 0.1) is 17.4 Å². The average Bonchev–Trinajstić information content (AvgIpc) is 2.70. The lowest BCUT2D eigenvalue weighted by Gasteiger charge is -2.27. The number of nitrogens with zero attached hydrogens (tertiary/aromatic N) is 2. The molecule has 6 nitrogen and oxygen atoms in total. The highest BCUT2D eigenvalue weighted by Crippen LogP contribution is 2.30. The third kappa shape index (κ3) is 6.68. The van der Waals surface area contributed by atoms with Crippen molar-refractivity contribution in [1.82, 2.24) is 9.97 Å². The highest BCUT2D eigenvalue weighted by atomic mass is 35.5. The molecule has 1 unspecified atom stereocenters. The minimum atomic E-state index is -0.760. The predicted octanol–water partition coefficient (Wildman–Crippen LogP) is 6.48. The van der Waals surface area contributed by atoms with Crippen molar-refractivity contribution in [3.8, 4) is 17.0 Å². The van der Waals surface area contributed by atoms with Crippen LogP contribution in [0.3, 0.4) is 0 Å². The number of aryl methyl sites for hydroxylation is 1. The van der Waals surface area contributed by atoms with Crippen LogP contribution in [-0.4, -0.2) is 28.3 Å². The summed E-state index contributed by atoms with van der Waals surface area (Å²) in [5.41, 5.74) is 9.13. The van der Waals surface area contributed by atoms with E-state index in [1.807, 2.05) is 51.1 Å². The van der Waals surface area contributed by atoms with E-state index in [4.69, 9.17) is 26.8 Å². The number of hydrogen-bond acceptors (Lipinski definition) is 5. The van der Waals surface area contributed by atoms with Crippen molar-refractivity contribution in [2.45, 2.75) is 46.1 Å². The van der Waals surface area contributed by atoms with Crippen molar-refractivity contribution < 1.29 is 14.3 Å². The number of carbonyl (C=O) groups excluding carboxylic acids is 1. The molecule has 3 aromatic rings. The van der Waals surface area contributed by atoms with Gasteiger partial charge in [0.2, 0.25) is 0 Å². The maximum atomic E-state index is 11.1. The molecule has 0 aliphatic rings. The third-order valence-corrected chi connectivity index (χ3v) is 5.56. The molecule has 0 fully saturated rings. The van der Waals surface area contributed by atoms with E-state index in [-0.39, 0.29) is 5.92 Å². The zero-order chi connectivity index (χ0) is 24.2. The van der Waals surface area contributed by atoms with Gasteiger partial charge in [0.15, 0.2) is 0 Å². The number of hydrogen-bond donors (Lipinski definition) is 1. The van der Waals surface area contributed by atoms with Gasteiger partial charge >= 0.3 is 6.09 Å². The summed E-state index contributed by atoms with van der Waals surface area (Å²) in [4.78, 5) is 20.1. The summed E-state index contributed by atoms with van der Waals surface area (Å²) in [7, 11) is 0. The fourth-order valence-electron chi connectivity index (χ4n) is 4.14. The van der Waals surface area contributed by atoms with E-state index < -0.39 is 11.7 Å². The third-order valence-electron chi connectivity index (χ3n) is 5.33. The molecule has 33 heavy (non-hydrogen) atoms. The van der Waals surface area contributed by atoms with Gasteiger partial charge in [0, 0.05) is 22.2 Å². The molecule has 2 aromatic heterocycles. The molecule has 0 radical (unpaired) electrons. The number of nitrogens with two attached hydrogens (primary N) is 1. The van der Waals surface area contributed by atoms with E-state index >= 15 is 0 Å². The van der Waals surface area contributed by atoms with Crippen LogP contribution < -0.4 is 10.5 Å². The van der Waals surface area contributed by atoms with Crippen LogP contribution in [-0.2, 0) is 4.74 Å². The molecule has 1 atom stereocenters. The van der Waals surface area contributed by atoms with E-state index in [2.05, 4.69) is 23.5 Å². The van der Waals surface area contributed by atoms with Gasteiger partial charge in [-0.25, -0.2) is 4.79 Å². The Labute approximate surface area is 199 Å². The fourth-order valence-corrected chi connectivity index (χ4v) is 4.31. The van der Waals surface area contributed by atoms with Crippen molar-refractivity contribution >= 4 is 28.6 Å². The van der Waals surface area contributed by atoms with Crippen molar-refractivity contribution in [3.05, 3.63) is 65.5 Å². The second kappa shape index (κ2) is 10.2. The molecule has 7 heteroatoms. The Balaban J connectivity index is 1.63. The summed E-state index contributed by atoms with van der Waals surface area (Å²) >= 11 is 6.10. The summed E-state index contributed by atoms with van der Waals surface area (Å²) in [6.45, 7) is 12.3. The van der Waals surface area contributed by atoms with Gasteiger partial charge in [-0.1, -0.05) is 31.2 Å². The van der Waals surface area contributed by atoms with Gasteiger partial charge in [0.25, 0.3) is 0 Å². The summed E-state index contributed by atoms with van der Waals surface area (Å²) in [6.07, 6.45) is 4.17. The molecule has 0 aliphatic carbocycles. The van der Waals surface area contributed by atoms with Gasteiger partial charge in [-0.05, 0) is 74.9 Å². The van der Waals surface area contributed by atoms with Gasteiger partial charge in [0.1, 0.15) is 18.0 Å². The fraction of sp³-hybridized carbons (Fsp3) is 0.346. The number of carbonyl (C=O) groups is 1. The minimum Gasteiger partial charge on any atom is -0.487 e. The number of aromatic nitrogens is 2. The standard InChI is InChI=1S/C26H30ClN3O3/c1-16(13-26(4,5)33-25(28)31)10-17(2)15-32-24-14-30-22(11-18(24)3)21-8-9-29-23-12-19(27)6-7-20(21)23/h6-9,11-12,14,16H,2,10,13,15H2,1,3-5H3,(H2,28,31).